The molecule has 0 aliphatic rings. The van der Waals surface area contributed by atoms with Crippen molar-refractivity contribution in [1.29, 1.82) is 0 Å². The number of hydrogen-bond acceptors (Lipinski definition) is 3. The number of carbonyl (C=O) groups is 1. The number of amides is 1. The van der Waals surface area contributed by atoms with Crippen LogP contribution in [0.1, 0.15) is 17.3 Å². The van der Waals surface area contributed by atoms with Crippen LogP contribution in [-0.4, -0.2) is 40.6 Å². The van der Waals surface area contributed by atoms with Crippen LogP contribution in [-0.2, 0) is 0 Å². The first-order chi connectivity index (χ1) is 8.76. The van der Waals surface area contributed by atoms with Crippen molar-refractivity contribution in [3.63, 3.8) is 0 Å². The SMILES string of the molecule is CCN(CCO)C(=O)c1ccc2ncccc2c1. The molecule has 0 spiro atoms. The second-order valence-corrected chi connectivity index (χ2v) is 4.02. The first kappa shape index (κ1) is 12.5. The van der Waals surface area contributed by atoms with Crippen LogP contribution in [0.3, 0.4) is 0 Å². The van der Waals surface area contributed by atoms with Crippen molar-refractivity contribution in [1.82, 2.24) is 9.88 Å². The molecule has 0 unspecified atom stereocenters. The molecular weight excluding hydrogens is 228 g/mol. The second-order valence-electron chi connectivity index (χ2n) is 4.02. The van der Waals surface area contributed by atoms with E-state index in [0.717, 1.165) is 10.9 Å². The molecule has 2 rings (SSSR count). The summed E-state index contributed by atoms with van der Waals surface area (Å²) < 4.78 is 0. The smallest absolute Gasteiger partial charge is 0.253 e. The molecule has 0 aliphatic carbocycles. The Bertz CT molecular complexity index is 554. The zero-order valence-corrected chi connectivity index (χ0v) is 10.3. The van der Waals surface area contributed by atoms with Gasteiger partial charge in [0, 0.05) is 30.2 Å². The molecule has 0 atom stereocenters. The predicted molar refractivity (Wildman–Crippen MR) is 70.4 cm³/mol. The van der Waals surface area contributed by atoms with E-state index in [-0.39, 0.29) is 12.5 Å². The molecule has 0 bridgehead atoms. The number of likely N-dealkylation sites (N-methyl/N-ethyl adjacent to an activating group) is 1. The van der Waals surface area contributed by atoms with E-state index in [4.69, 9.17) is 5.11 Å². The van der Waals surface area contributed by atoms with E-state index in [0.29, 0.717) is 18.7 Å². The average molecular weight is 244 g/mol. The lowest BCUT2D eigenvalue weighted by molar-refractivity contribution is 0.0732. The van der Waals surface area contributed by atoms with Gasteiger partial charge in [0.05, 0.1) is 12.1 Å². The van der Waals surface area contributed by atoms with Crippen molar-refractivity contribution in [2.45, 2.75) is 6.92 Å². The molecule has 94 valence electrons. The van der Waals surface area contributed by atoms with Crippen LogP contribution in [0.15, 0.2) is 36.5 Å². The fraction of sp³-hybridized carbons (Fsp3) is 0.286. The minimum Gasteiger partial charge on any atom is -0.395 e. The minimum atomic E-state index is -0.0581. The lowest BCUT2D eigenvalue weighted by atomic mass is 10.1. The molecule has 4 nitrogen and oxygen atoms in total. The van der Waals surface area contributed by atoms with E-state index in [1.165, 1.54) is 0 Å². The Balaban J connectivity index is 2.32. The summed E-state index contributed by atoms with van der Waals surface area (Å²) in [5, 5.41) is 9.88. The van der Waals surface area contributed by atoms with Gasteiger partial charge in [0.25, 0.3) is 5.91 Å². The number of nitrogens with zero attached hydrogens (tertiary/aromatic N) is 2. The molecule has 0 saturated heterocycles. The number of aromatic nitrogens is 1. The maximum Gasteiger partial charge on any atom is 0.253 e. The van der Waals surface area contributed by atoms with Crippen LogP contribution in [0, 0.1) is 0 Å². The number of aliphatic hydroxyl groups excluding tert-OH is 1. The van der Waals surface area contributed by atoms with Crippen LogP contribution >= 0.6 is 0 Å². The molecule has 1 amide bonds. The Labute approximate surface area is 106 Å². The Morgan fingerprint density at radius 2 is 2.22 bits per heavy atom. The van der Waals surface area contributed by atoms with E-state index in [1.807, 2.05) is 31.2 Å². The summed E-state index contributed by atoms with van der Waals surface area (Å²) in [7, 11) is 0. The lowest BCUT2D eigenvalue weighted by Crippen LogP contribution is -2.33. The van der Waals surface area contributed by atoms with Gasteiger partial charge in [-0.25, -0.2) is 0 Å². The van der Waals surface area contributed by atoms with Crippen LogP contribution in [0.5, 0.6) is 0 Å². The van der Waals surface area contributed by atoms with E-state index < -0.39 is 0 Å². The standard InChI is InChI=1S/C14H16N2O2/c1-2-16(8-9-17)14(18)12-5-6-13-11(10-12)4-3-7-15-13/h3-7,10,17H,2,8-9H2,1H3. The summed E-state index contributed by atoms with van der Waals surface area (Å²) in [6, 6.07) is 9.24. The maximum absolute atomic E-state index is 12.2. The molecule has 2 aromatic rings. The third kappa shape index (κ3) is 2.49. The van der Waals surface area contributed by atoms with Gasteiger partial charge in [-0.1, -0.05) is 6.07 Å². The van der Waals surface area contributed by atoms with Crippen molar-refractivity contribution in [2.75, 3.05) is 19.7 Å². The number of hydrogen-bond donors (Lipinski definition) is 1. The Morgan fingerprint density at radius 3 is 2.94 bits per heavy atom. The highest BCUT2D eigenvalue weighted by Crippen LogP contribution is 2.14. The van der Waals surface area contributed by atoms with Gasteiger partial charge < -0.3 is 10.0 Å². The van der Waals surface area contributed by atoms with E-state index in [2.05, 4.69) is 4.98 Å². The largest absolute Gasteiger partial charge is 0.395 e. The normalized spacial score (nSPS) is 10.6. The number of rotatable bonds is 4. The zero-order chi connectivity index (χ0) is 13.0. The monoisotopic (exact) mass is 244 g/mol. The molecular formula is C14H16N2O2. The number of carbonyl (C=O) groups excluding carboxylic acids is 1. The second kappa shape index (κ2) is 5.60. The number of benzene rings is 1. The molecule has 1 aromatic carbocycles. The van der Waals surface area contributed by atoms with Crippen LogP contribution < -0.4 is 0 Å². The summed E-state index contributed by atoms with van der Waals surface area (Å²) >= 11 is 0. The summed E-state index contributed by atoms with van der Waals surface area (Å²) in [5.41, 5.74) is 1.50. The third-order valence-electron chi connectivity index (χ3n) is 2.89. The number of fused-ring (bicyclic) bond motifs is 1. The summed E-state index contributed by atoms with van der Waals surface area (Å²) in [5.74, 6) is -0.0581. The van der Waals surface area contributed by atoms with Gasteiger partial charge in [-0.2, -0.15) is 0 Å². The van der Waals surface area contributed by atoms with Gasteiger partial charge in [-0.15, -0.1) is 0 Å². The molecule has 4 heteroatoms. The highest BCUT2D eigenvalue weighted by atomic mass is 16.3. The van der Waals surface area contributed by atoms with Crippen LogP contribution in [0.4, 0.5) is 0 Å². The van der Waals surface area contributed by atoms with E-state index >= 15 is 0 Å². The van der Waals surface area contributed by atoms with Crippen LogP contribution in [0.2, 0.25) is 0 Å². The van der Waals surface area contributed by atoms with Gasteiger partial charge >= 0.3 is 0 Å². The fourth-order valence-corrected chi connectivity index (χ4v) is 1.92. The highest BCUT2D eigenvalue weighted by Gasteiger charge is 2.13. The summed E-state index contributed by atoms with van der Waals surface area (Å²) in [6.45, 7) is 2.83. The lowest BCUT2D eigenvalue weighted by Gasteiger charge is -2.19. The van der Waals surface area contributed by atoms with Gasteiger partial charge in [0.1, 0.15) is 0 Å². The van der Waals surface area contributed by atoms with Gasteiger partial charge in [-0.05, 0) is 31.2 Å². The minimum absolute atomic E-state index is 0.0191. The summed E-state index contributed by atoms with van der Waals surface area (Å²) in [4.78, 5) is 18.0. The molecule has 0 aliphatic heterocycles. The molecule has 0 saturated carbocycles. The predicted octanol–water partition coefficient (Wildman–Crippen LogP) is 1.69. The Morgan fingerprint density at radius 1 is 1.39 bits per heavy atom. The van der Waals surface area contributed by atoms with Gasteiger partial charge in [0.2, 0.25) is 0 Å². The Kier molecular flexibility index (Phi) is 3.89. The highest BCUT2D eigenvalue weighted by molar-refractivity contribution is 5.97. The van der Waals surface area contributed by atoms with Crippen molar-refractivity contribution in [2.24, 2.45) is 0 Å². The first-order valence-electron chi connectivity index (χ1n) is 6.01. The maximum atomic E-state index is 12.2. The Hall–Kier alpha value is -1.94. The van der Waals surface area contributed by atoms with Gasteiger partial charge in [0.15, 0.2) is 0 Å². The molecule has 1 heterocycles. The quantitative estimate of drug-likeness (QED) is 0.890. The third-order valence-corrected chi connectivity index (χ3v) is 2.89. The molecule has 0 fully saturated rings. The van der Waals surface area contributed by atoms with Gasteiger partial charge in [-0.3, -0.25) is 9.78 Å². The van der Waals surface area contributed by atoms with E-state index in [1.54, 1.807) is 17.2 Å². The first-order valence-corrected chi connectivity index (χ1v) is 6.01. The van der Waals surface area contributed by atoms with Crippen molar-refractivity contribution in [3.8, 4) is 0 Å². The number of aliphatic hydroxyl groups is 1. The zero-order valence-electron chi connectivity index (χ0n) is 10.3. The topological polar surface area (TPSA) is 53.4 Å². The van der Waals surface area contributed by atoms with Crippen LogP contribution in [0.25, 0.3) is 10.9 Å². The molecule has 0 radical (unpaired) electrons. The average Bonchev–Trinajstić information content (AvgIpc) is 2.43. The van der Waals surface area contributed by atoms with Crippen molar-refractivity contribution >= 4 is 16.8 Å². The molecule has 1 N–H and O–H groups in total. The van der Waals surface area contributed by atoms with E-state index in [9.17, 15) is 4.79 Å². The molecule has 18 heavy (non-hydrogen) atoms. The number of pyridine rings is 1. The fourth-order valence-electron chi connectivity index (χ4n) is 1.92. The summed E-state index contributed by atoms with van der Waals surface area (Å²) in [6.07, 6.45) is 1.73. The molecule has 1 aromatic heterocycles. The van der Waals surface area contributed by atoms with Crippen molar-refractivity contribution < 1.29 is 9.90 Å². The van der Waals surface area contributed by atoms with Crippen molar-refractivity contribution in [3.05, 3.63) is 42.1 Å².